The Balaban J connectivity index is 1.55. The zero-order chi connectivity index (χ0) is 13.2. The molecule has 106 valence electrons. The normalized spacial score (nSPS) is 23.9. The van der Waals surface area contributed by atoms with E-state index in [2.05, 4.69) is 41.6 Å². The van der Waals surface area contributed by atoms with E-state index in [4.69, 9.17) is 0 Å². The maximum Gasteiger partial charge on any atom is 0.0445 e. The van der Waals surface area contributed by atoms with Crippen LogP contribution in [0, 0.1) is 5.92 Å². The predicted octanol–water partition coefficient (Wildman–Crippen LogP) is 3.66. The van der Waals surface area contributed by atoms with Gasteiger partial charge in [-0.05, 0) is 70.0 Å². The average molecular weight is 278 g/mol. The van der Waals surface area contributed by atoms with Crippen LogP contribution in [-0.2, 0) is 0 Å². The summed E-state index contributed by atoms with van der Waals surface area (Å²) in [5.41, 5.74) is 0. The first-order chi connectivity index (χ1) is 9.24. The first-order valence-electron chi connectivity index (χ1n) is 7.77. The highest BCUT2D eigenvalue weighted by atomic mass is 32.1. The van der Waals surface area contributed by atoms with E-state index in [-0.39, 0.29) is 0 Å². The SMILES string of the molecule is CC(C)N1CCC(NC(c2cccs2)C2CC2)CC1. The first kappa shape index (κ1) is 13.6. The molecule has 0 radical (unpaired) electrons. The molecule has 1 aliphatic heterocycles. The molecule has 1 unspecified atom stereocenters. The molecule has 2 heterocycles. The van der Waals surface area contributed by atoms with Crippen LogP contribution >= 0.6 is 11.3 Å². The molecule has 0 spiro atoms. The first-order valence-corrected chi connectivity index (χ1v) is 8.65. The van der Waals surface area contributed by atoms with Crippen LogP contribution in [0.2, 0.25) is 0 Å². The van der Waals surface area contributed by atoms with Gasteiger partial charge in [0.1, 0.15) is 0 Å². The third-order valence-electron chi connectivity index (χ3n) is 4.62. The second-order valence-corrected chi connectivity index (χ2v) is 7.38. The summed E-state index contributed by atoms with van der Waals surface area (Å²) in [6, 6.07) is 6.57. The van der Waals surface area contributed by atoms with Crippen molar-refractivity contribution in [1.82, 2.24) is 10.2 Å². The molecule has 19 heavy (non-hydrogen) atoms. The zero-order valence-corrected chi connectivity index (χ0v) is 13.0. The van der Waals surface area contributed by atoms with Crippen LogP contribution < -0.4 is 5.32 Å². The summed E-state index contributed by atoms with van der Waals surface area (Å²) in [5.74, 6) is 0.904. The fourth-order valence-electron chi connectivity index (χ4n) is 3.18. The van der Waals surface area contributed by atoms with E-state index in [1.54, 1.807) is 4.88 Å². The Morgan fingerprint density at radius 1 is 1.21 bits per heavy atom. The zero-order valence-electron chi connectivity index (χ0n) is 12.1. The van der Waals surface area contributed by atoms with E-state index < -0.39 is 0 Å². The summed E-state index contributed by atoms with van der Waals surface area (Å²) >= 11 is 1.92. The Morgan fingerprint density at radius 2 is 1.95 bits per heavy atom. The Bertz CT molecular complexity index is 375. The van der Waals surface area contributed by atoms with Gasteiger partial charge in [-0.2, -0.15) is 0 Å². The monoisotopic (exact) mass is 278 g/mol. The van der Waals surface area contributed by atoms with Gasteiger partial charge in [0.25, 0.3) is 0 Å². The number of hydrogen-bond donors (Lipinski definition) is 1. The van der Waals surface area contributed by atoms with Crippen LogP contribution in [0.4, 0.5) is 0 Å². The highest BCUT2D eigenvalue weighted by Gasteiger charge is 2.34. The van der Waals surface area contributed by atoms with Gasteiger partial charge in [0, 0.05) is 23.0 Å². The Labute approximate surface area is 121 Å². The molecule has 3 heteroatoms. The third-order valence-corrected chi connectivity index (χ3v) is 5.57. The number of hydrogen-bond acceptors (Lipinski definition) is 3. The molecule has 1 aromatic heterocycles. The summed E-state index contributed by atoms with van der Waals surface area (Å²) in [7, 11) is 0. The molecular formula is C16H26N2S. The van der Waals surface area contributed by atoms with Crippen molar-refractivity contribution in [3.63, 3.8) is 0 Å². The van der Waals surface area contributed by atoms with Crippen LogP contribution in [0.15, 0.2) is 17.5 Å². The highest BCUT2D eigenvalue weighted by molar-refractivity contribution is 7.10. The van der Waals surface area contributed by atoms with Crippen LogP contribution in [0.25, 0.3) is 0 Å². The molecule has 1 saturated heterocycles. The molecule has 2 nitrogen and oxygen atoms in total. The lowest BCUT2D eigenvalue weighted by atomic mass is 10.0. The second kappa shape index (κ2) is 5.94. The Morgan fingerprint density at radius 3 is 2.47 bits per heavy atom. The van der Waals surface area contributed by atoms with Crippen molar-refractivity contribution in [3.8, 4) is 0 Å². The highest BCUT2D eigenvalue weighted by Crippen LogP contribution is 2.42. The maximum absolute atomic E-state index is 3.96. The van der Waals surface area contributed by atoms with Crippen LogP contribution in [0.3, 0.4) is 0 Å². The minimum atomic E-state index is 0.635. The van der Waals surface area contributed by atoms with Gasteiger partial charge in [-0.1, -0.05) is 6.07 Å². The molecule has 0 bridgehead atoms. The van der Waals surface area contributed by atoms with Gasteiger partial charge in [0.2, 0.25) is 0 Å². The van der Waals surface area contributed by atoms with Crippen molar-refractivity contribution in [2.45, 2.75) is 57.7 Å². The number of nitrogens with zero attached hydrogens (tertiary/aromatic N) is 1. The molecule has 0 aromatic carbocycles. The van der Waals surface area contributed by atoms with Gasteiger partial charge in [0.05, 0.1) is 0 Å². The summed E-state index contributed by atoms with van der Waals surface area (Å²) < 4.78 is 0. The number of rotatable bonds is 5. The molecule has 2 fully saturated rings. The van der Waals surface area contributed by atoms with E-state index in [0.717, 1.165) is 12.0 Å². The lowest BCUT2D eigenvalue weighted by Gasteiger charge is -2.36. The fraction of sp³-hybridized carbons (Fsp3) is 0.750. The van der Waals surface area contributed by atoms with E-state index in [1.807, 2.05) is 11.3 Å². The van der Waals surface area contributed by atoms with Gasteiger partial charge in [-0.15, -0.1) is 11.3 Å². The van der Waals surface area contributed by atoms with Crippen LogP contribution in [0.1, 0.15) is 50.4 Å². The number of thiophene rings is 1. The standard InChI is InChI=1S/C16H26N2S/c1-12(2)18-9-7-14(8-10-18)17-16(13-5-6-13)15-4-3-11-19-15/h3-4,11-14,16-17H,5-10H2,1-2H3. The molecular weight excluding hydrogens is 252 g/mol. The van der Waals surface area contributed by atoms with Crippen molar-refractivity contribution < 1.29 is 0 Å². The van der Waals surface area contributed by atoms with E-state index >= 15 is 0 Å². The lowest BCUT2D eigenvalue weighted by Crippen LogP contribution is -2.46. The van der Waals surface area contributed by atoms with Crippen molar-refractivity contribution in [2.75, 3.05) is 13.1 Å². The van der Waals surface area contributed by atoms with Gasteiger partial charge in [0.15, 0.2) is 0 Å². The van der Waals surface area contributed by atoms with Crippen molar-refractivity contribution in [2.24, 2.45) is 5.92 Å². The Hall–Kier alpha value is -0.380. The molecule has 1 atom stereocenters. The minimum absolute atomic E-state index is 0.635. The largest absolute Gasteiger partial charge is 0.306 e. The molecule has 3 rings (SSSR count). The predicted molar refractivity (Wildman–Crippen MR) is 82.7 cm³/mol. The van der Waals surface area contributed by atoms with Gasteiger partial charge in [-0.3, -0.25) is 0 Å². The minimum Gasteiger partial charge on any atom is -0.306 e. The molecule has 0 amide bonds. The summed E-state index contributed by atoms with van der Waals surface area (Å²) in [6.45, 7) is 7.15. The van der Waals surface area contributed by atoms with Crippen LogP contribution in [-0.4, -0.2) is 30.1 Å². The molecule has 1 aliphatic carbocycles. The lowest BCUT2D eigenvalue weighted by molar-refractivity contribution is 0.155. The summed E-state index contributed by atoms with van der Waals surface area (Å²) in [5, 5.41) is 6.18. The average Bonchev–Trinajstić information content (AvgIpc) is 3.11. The molecule has 1 aromatic rings. The fourth-order valence-corrected chi connectivity index (χ4v) is 4.06. The maximum atomic E-state index is 3.96. The number of nitrogens with one attached hydrogen (secondary N) is 1. The van der Waals surface area contributed by atoms with E-state index in [1.165, 1.54) is 38.8 Å². The van der Waals surface area contributed by atoms with Crippen molar-refractivity contribution in [3.05, 3.63) is 22.4 Å². The topological polar surface area (TPSA) is 15.3 Å². The number of likely N-dealkylation sites (tertiary alicyclic amines) is 1. The molecule has 1 saturated carbocycles. The van der Waals surface area contributed by atoms with Crippen molar-refractivity contribution >= 4 is 11.3 Å². The van der Waals surface area contributed by atoms with E-state index in [0.29, 0.717) is 12.1 Å². The van der Waals surface area contributed by atoms with Gasteiger partial charge in [-0.25, -0.2) is 0 Å². The Kier molecular flexibility index (Phi) is 4.25. The van der Waals surface area contributed by atoms with E-state index in [9.17, 15) is 0 Å². The number of piperidine rings is 1. The van der Waals surface area contributed by atoms with Gasteiger partial charge < -0.3 is 10.2 Å². The third kappa shape index (κ3) is 3.39. The summed E-state index contributed by atoms with van der Waals surface area (Å²) in [4.78, 5) is 4.16. The van der Waals surface area contributed by atoms with Gasteiger partial charge >= 0.3 is 0 Å². The molecule has 2 aliphatic rings. The molecule has 1 N–H and O–H groups in total. The smallest absolute Gasteiger partial charge is 0.0445 e. The second-order valence-electron chi connectivity index (χ2n) is 6.40. The quantitative estimate of drug-likeness (QED) is 0.884. The van der Waals surface area contributed by atoms with Crippen LogP contribution in [0.5, 0.6) is 0 Å². The summed E-state index contributed by atoms with van der Waals surface area (Å²) in [6.07, 6.45) is 5.46. The van der Waals surface area contributed by atoms with Crippen molar-refractivity contribution in [1.29, 1.82) is 0 Å².